The number of hydrogen-bond acceptors (Lipinski definition) is 3. The van der Waals surface area contributed by atoms with Crippen LogP contribution in [0.3, 0.4) is 0 Å². The molecule has 1 N–H and O–H groups in total. The van der Waals surface area contributed by atoms with Crippen molar-refractivity contribution in [3.05, 3.63) is 94.6 Å². The molecule has 0 aliphatic carbocycles. The summed E-state index contributed by atoms with van der Waals surface area (Å²) in [7, 11) is 0. The highest BCUT2D eigenvalue weighted by molar-refractivity contribution is 6.33. The van der Waals surface area contributed by atoms with E-state index in [1.165, 1.54) is 6.07 Å². The molecule has 0 bridgehead atoms. The van der Waals surface area contributed by atoms with E-state index < -0.39 is 17.3 Å². The second-order valence-corrected chi connectivity index (χ2v) is 12.5. The van der Waals surface area contributed by atoms with E-state index in [1.54, 1.807) is 32.9 Å². The number of hydrogen-bond donors (Lipinski definition) is 1. The summed E-state index contributed by atoms with van der Waals surface area (Å²) in [4.78, 5) is 24.6. The number of amides is 1. The van der Waals surface area contributed by atoms with Gasteiger partial charge >= 0.3 is 12.1 Å². The van der Waals surface area contributed by atoms with Crippen molar-refractivity contribution in [3.63, 3.8) is 0 Å². The molecular weight excluding hydrogens is 577 g/mol. The lowest BCUT2D eigenvalue weighted by Crippen LogP contribution is -2.29. The molecule has 0 aliphatic rings. The van der Waals surface area contributed by atoms with Crippen LogP contribution in [0.1, 0.15) is 75.0 Å². The molecule has 43 heavy (non-hydrogen) atoms. The highest BCUT2D eigenvalue weighted by Crippen LogP contribution is 2.37. The number of nitrogens with zero attached hydrogens (tertiary/aromatic N) is 1. The topological polar surface area (TPSA) is 60.3 Å². The van der Waals surface area contributed by atoms with Gasteiger partial charge in [-0.2, -0.15) is 13.2 Å². The van der Waals surface area contributed by atoms with Crippen molar-refractivity contribution in [3.8, 4) is 11.1 Å². The van der Waals surface area contributed by atoms with Crippen molar-refractivity contribution < 1.29 is 27.5 Å². The van der Waals surface area contributed by atoms with Gasteiger partial charge < -0.3 is 14.6 Å². The van der Waals surface area contributed by atoms with Gasteiger partial charge in [-0.3, -0.25) is 9.59 Å². The molecule has 9 heteroatoms. The summed E-state index contributed by atoms with van der Waals surface area (Å²) in [5, 5.41) is 3.75. The first-order valence-electron chi connectivity index (χ1n) is 14.2. The first kappa shape index (κ1) is 32.1. The van der Waals surface area contributed by atoms with Crippen LogP contribution >= 0.6 is 11.6 Å². The number of aromatic nitrogens is 1. The molecule has 5 nitrogen and oxygen atoms in total. The van der Waals surface area contributed by atoms with Crippen LogP contribution in [0.15, 0.2) is 72.9 Å². The quantitative estimate of drug-likeness (QED) is 0.192. The molecule has 1 atom stereocenters. The maximum atomic E-state index is 13.1. The van der Waals surface area contributed by atoms with E-state index >= 15 is 0 Å². The van der Waals surface area contributed by atoms with E-state index in [0.717, 1.165) is 40.6 Å². The summed E-state index contributed by atoms with van der Waals surface area (Å²) in [5.74, 6) is -0.256. The van der Waals surface area contributed by atoms with E-state index in [1.807, 2.05) is 42.6 Å². The first-order chi connectivity index (χ1) is 20.1. The molecule has 228 valence electrons. The second-order valence-electron chi connectivity index (χ2n) is 12.0. The number of carbonyl (C=O) groups is 2. The number of esters is 1. The van der Waals surface area contributed by atoms with Gasteiger partial charge in [0.2, 0.25) is 0 Å². The highest BCUT2D eigenvalue weighted by Gasteiger charge is 2.31. The van der Waals surface area contributed by atoms with E-state index in [0.29, 0.717) is 17.0 Å². The minimum absolute atomic E-state index is 0.0118. The normalized spacial score (nSPS) is 12.9. The van der Waals surface area contributed by atoms with Crippen molar-refractivity contribution >= 4 is 34.4 Å². The van der Waals surface area contributed by atoms with Gasteiger partial charge in [-0.15, -0.1) is 0 Å². The molecular formula is C34H36ClF3N2O3. The molecule has 4 rings (SSSR count). The van der Waals surface area contributed by atoms with Crippen LogP contribution in [0.5, 0.6) is 0 Å². The predicted octanol–water partition coefficient (Wildman–Crippen LogP) is 9.08. The Labute approximate surface area is 255 Å². The fraction of sp³-hybridized carbons (Fsp3) is 0.353. The van der Waals surface area contributed by atoms with Crippen LogP contribution in [0.4, 0.5) is 13.2 Å². The monoisotopic (exact) mass is 612 g/mol. The summed E-state index contributed by atoms with van der Waals surface area (Å²) in [6.07, 6.45) is -1.52. The Morgan fingerprint density at radius 3 is 2.26 bits per heavy atom. The summed E-state index contributed by atoms with van der Waals surface area (Å²) in [5.41, 5.74) is 2.40. The maximum absolute atomic E-state index is 13.1. The minimum Gasteiger partial charge on any atom is -0.460 e. The van der Waals surface area contributed by atoms with Gasteiger partial charge in [-0.1, -0.05) is 49.7 Å². The third-order valence-electron chi connectivity index (χ3n) is 6.95. The fourth-order valence-corrected chi connectivity index (χ4v) is 5.30. The van der Waals surface area contributed by atoms with Crippen LogP contribution in [-0.4, -0.2) is 28.6 Å². The minimum atomic E-state index is -4.46. The zero-order valence-corrected chi connectivity index (χ0v) is 25.6. The van der Waals surface area contributed by atoms with Crippen molar-refractivity contribution in [2.45, 2.75) is 65.3 Å². The Morgan fingerprint density at radius 1 is 0.953 bits per heavy atom. The Morgan fingerprint density at radius 2 is 1.65 bits per heavy atom. The van der Waals surface area contributed by atoms with Crippen LogP contribution in [-0.2, 0) is 15.7 Å². The number of fused-ring (bicyclic) bond motifs is 1. The third kappa shape index (κ3) is 8.20. The summed E-state index contributed by atoms with van der Waals surface area (Å²) in [6.45, 7) is 9.87. The van der Waals surface area contributed by atoms with Crippen LogP contribution < -0.4 is 5.32 Å². The molecule has 1 aromatic heterocycles. The number of alkyl halides is 3. The molecule has 0 aliphatic heterocycles. The molecule has 0 spiro atoms. The fourth-order valence-electron chi connectivity index (χ4n) is 5.02. The maximum Gasteiger partial charge on any atom is 0.416 e. The Hall–Kier alpha value is -3.78. The molecule has 1 unspecified atom stereocenters. The average molecular weight is 613 g/mol. The van der Waals surface area contributed by atoms with E-state index in [2.05, 4.69) is 23.7 Å². The lowest BCUT2D eigenvalue weighted by atomic mass is 9.95. The smallest absolute Gasteiger partial charge is 0.416 e. The number of halogens is 4. The van der Waals surface area contributed by atoms with Crippen LogP contribution in [0.25, 0.3) is 22.0 Å². The van der Waals surface area contributed by atoms with Crippen molar-refractivity contribution in [1.29, 1.82) is 0 Å². The Bertz CT molecular complexity index is 1600. The van der Waals surface area contributed by atoms with Gasteiger partial charge in [-0.05, 0) is 86.7 Å². The molecule has 0 radical (unpaired) electrons. The molecule has 3 aromatic carbocycles. The average Bonchev–Trinajstić information content (AvgIpc) is 3.33. The zero-order chi connectivity index (χ0) is 31.5. The van der Waals surface area contributed by atoms with Gasteiger partial charge in [0.05, 0.1) is 18.0 Å². The van der Waals surface area contributed by atoms with Crippen molar-refractivity contribution in [2.24, 2.45) is 5.92 Å². The van der Waals surface area contributed by atoms with Gasteiger partial charge in [-0.25, -0.2) is 0 Å². The SMILES string of the molecule is CC(C)CC(c1ccc(C(=O)NCCC(=O)OC(C)(C)C)cc1)n1ccc2cc(-c3ccc(C(F)(F)F)cc3Cl)ccc21. The van der Waals surface area contributed by atoms with E-state index in [-0.39, 0.29) is 35.9 Å². The molecule has 1 heterocycles. The van der Waals surface area contributed by atoms with Gasteiger partial charge in [0, 0.05) is 39.8 Å². The van der Waals surface area contributed by atoms with E-state index in [9.17, 15) is 22.8 Å². The van der Waals surface area contributed by atoms with Crippen LogP contribution in [0, 0.1) is 5.92 Å². The number of rotatable bonds is 9. The predicted molar refractivity (Wildman–Crippen MR) is 164 cm³/mol. The Kier molecular flexibility index (Phi) is 9.60. The number of carbonyl (C=O) groups excluding carboxylic acids is 2. The summed E-state index contributed by atoms with van der Waals surface area (Å²) in [6, 6.07) is 18.6. The molecule has 4 aromatic rings. The standard InChI is InChI=1S/C34H36ClF3N2O3/c1-21(2)18-30(22-6-8-23(9-7-22)32(42)39-16-14-31(41)43-33(3,4)5)40-17-15-25-19-24(10-13-29(25)40)27-12-11-26(20-28(27)35)34(36,37)38/h6-13,15,17,19-21,30H,14,16,18H2,1-5H3,(H,39,42). The zero-order valence-electron chi connectivity index (χ0n) is 24.9. The van der Waals surface area contributed by atoms with Crippen molar-refractivity contribution in [1.82, 2.24) is 9.88 Å². The van der Waals surface area contributed by atoms with E-state index in [4.69, 9.17) is 16.3 Å². The number of benzene rings is 3. The number of nitrogens with one attached hydrogen (secondary N) is 1. The molecule has 0 fully saturated rings. The molecule has 1 amide bonds. The first-order valence-corrected chi connectivity index (χ1v) is 14.6. The van der Waals surface area contributed by atoms with Gasteiger partial charge in [0.15, 0.2) is 0 Å². The largest absolute Gasteiger partial charge is 0.460 e. The van der Waals surface area contributed by atoms with Crippen LogP contribution in [0.2, 0.25) is 5.02 Å². The van der Waals surface area contributed by atoms with Gasteiger partial charge in [0.25, 0.3) is 5.91 Å². The molecule has 0 saturated heterocycles. The highest BCUT2D eigenvalue weighted by atomic mass is 35.5. The summed E-state index contributed by atoms with van der Waals surface area (Å²) < 4.78 is 46.8. The summed E-state index contributed by atoms with van der Waals surface area (Å²) >= 11 is 6.26. The van der Waals surface area contributed by atoms with Gasteiger partial charge in [0.1, 0.15) is 5.60 Å². The lowest BCUT2D eigenvalue weighted by molar-refractivity contribution is -0.154. The van der Waals surface area contributed by atoms with Crippen molar-refractivity contribution in [2.75, 3.05) is 6.54 Å². The molecule has 0 saturated carbocycles. The lowest BCUT2D eigenvalue weighted by Gasteiger charge is -2.23. The third-order valence-corrected chi connectivity index (χ3v) is 7.26. The second kappa shape index (κ2) is 12.8. The number of ether oxygens (including phenoxy) is 1. The Balaban J connectivity index is 1.53.